The van der Waals surface area contributed by atoms with Crippen LogP contribution in [0.15, 0.2) is 54.6 Å². The van der Waals surface area contributed by atoms with Crippen LogP contribution >= 0.6 is 7.60 Å². The molecular weight excluding hydrogens is 443 g/mol. The van der Waals surface area contributed by atoms with Gasteiger partial charge in [0.15, 0.2) is 0 Å². The van der Waals surface area contributed by atoms with Gasteiger partial charge >= 0.3 is 19.5 Å². The summed E-state index contributed by atoms with van der Waals surface area (Å²) in [5.41, 5.74) is 2.80. The SMILES string of the molecule is O=C(O)CCCCC(NOC(=O)c1ccccc1)P(=O)(O)OCc1ccc([N+](=O)[O-])cc1. The van der Waals surface area contributed by atoms with Crippen LogP contribution in [0.2, 0.25) is 0 Å². The highest BCUT2D eigenvalue weighted by Gasteiger charge is 2.33. The highest BCUT2D eigenvalue weighted by molar-refractivity contribution is 7.53. The van der Waals surface area contributed by atoms with Gasteiger partial charge in [-0.3, -0.25) is 19.5 Å². The van der Waals surface area contributed by atoms with Gasteiger partial charge in [-0.2, -0.15) is 0 Å². The van der Waals surface area contributed by atoms with E-state index >= 15 is 0 Å². The second-order valence-electron chi connectivity index (χ2n) is 6.79. The highest BCUT2D eigenvalue weighted by atomic mass is 31.2. The summed E-state index contributed by atoms with van der Waals surface area (Å²) in [6.45, 7) is -0.314. The Labute approximate surface area is 183 Å². The number of nitro benzene ring substituents is 1. The molecule has 2 aromatic carbocycles. The van der Waals surface area contributed by atoms with Gasteiger partial charge < -0.3 is 19.4 Å². The highest BCUT2D eigenvalue weighted by Crippen LogP contribution is 2.49. The Hall–Kier alpha value is -3.11. The molecule has 0 bridgehead atoms. The van der Waals surface area contributed by atoms with Crippen LogP contribution in [-0.2, 0) is 25.3 Å². The number of carboxylic acid groups (broad SMARTS) is 1. The summed E-state index contributed by atoms with van der Waals surface area (Å²) < 4.78 is 18.0. The normalized spacial score (nSPS) is 13.7. The quantitative estimate of drug-likeness (QED) is 0.172. The molecule has 0 fully saturated rings. The number of aliphatic carboxylic acids is 1. The third-order valence-electron chi connectivity index (χ3n) is 4.37. The topological polar surface area (TPSA) is 165 Å². The number of nitrogens with one attached hydrogen (secondary N) is 1. The molecule has 0 heterocycles. The van der Waals surface area contributed by atoms with Crippen molar-refractivity contribution in [3.8, 4) is 0 Å². The number of hydroxylamine groups is 1. The Bertz CT molecular complexity index is 967. The Kier molecular flexibility index (Phi) is 9.48. The van der Waals surface area contributed by atoms with Gasteiger partial charge in [0.05, 0.1) is 17.1 Å². The number of carbonyl (C=O) groups excluding carboxylic acids is 1. The lowest BCUT2D eigenvalue weighted by Crippen LogP contribution is -2.32. The minimum absolute atomic E-state index is 0.00336. The van der Waals surface area contributed by atoms with Crippen molar-refractivity contribution in [2.45, 2.75) is 38.1 Å². The summed E-state index contributed by atoms with van der Waals surface area (Å²) in [6, 6.07) is 13.3. The van der Waals surface area contributed by atoms with Crippen molar-refractivity contribution in [1.82, 2.24) is 5.48 Å². The summed E-state index contributed by atoms with van der Waals surface area (Å²) in [4.78, 5) is 48.3. The average molecular weight is 466 g/mol. The maximum Gasteiger partial charge on any atom is 0.356 e. The van der Waals surface area contributed by atoms with Crippen LogP contribution in [0.3, 0.4) is 0 Å². The minimum atomic E-state index is -4.38. The number of unbranched alkanes of at least 4 members (excludes halogenated alkanes) is 1. The number of benzene rings is 2. The largest absolute Gasteiger partial charge is 0.481 e. The number of hydrogen-bond donors (Lipinski definition) is 3. The van der Waals surface area contributed by atoms with E-state index in [-0.39, 0.29) is 43.5 Å². The Morgan fingerprint density at radius 2 is 1.75 bits per heavy atom. The molecule has 12 heteroatoms. The van der Waals surface area contributed by atoms with E-state index in [4.69, 9.17) is 14.5 Å². The molecule has 0 aliphatic rings. The van der Waals surface area contributed by atoms with E-state index in [0.717, 1.165) is 0 Å². The number of carbonyl (C=O) groups is 2. The lowest BCUT2D eigenvalue weighted by Gasteiger charge is -2.23. The van der Waals surface area contributed by atoms with Crippen LogP contribution < -0.4 is 5.48 Å². The van der Waals surface area contributed by atoms with E-state index < -0.39 is 30.2 Å². The number of hydrogen-bond acceptors (Lipinski definition) is 8. The number of nitro groups is 1. The van der Waals surface area contributed by atoms with Gasteiger partial charge in [0.2, 0.25) is 0 Å². The molecule has 11 nitrogen and oxygen atoms in total. The molecule has 32 heavy (non-hydrogen) atoms. The van der Waals surface area contributed by atoms with Gasteiger partial charge in [0.25, 0.3) is 5.69 Å². The summed E-state index contributed by atoms with van der Waals surface area (Å²) in [5, 5.41) is 19.5. The zero-order valence-electron chi connectivity index (χ0n) is 17.0. The van der Waals surface area contributed by atoms with Crippen LogP contribution in [0.4, 0.5) is 5.69 Å². The number of carboxylic acids is 1. The minimum Gasteiger partial charge on any atom is -0.481 e. The fraction of sp³-hybridized carbons (Fsp3) is 0.300. The van der Waals surface area contributed by atoms with Crippen LogP contribution in [-0.4, -0.2) is 32.6 Å². The molecule has 3 N–H and O–H groups in total. The van der Waals surface area contributed by atoms with Gasteiger partial charge in [-0.25, -0.2) is 4.79 Å². The molecule has 2 rings (SSSR count). The van der Waals surface area contributed by atoms with Crippen LogP contribution in [0.5, 0.6) is 0 Å². The van der Waals surface area contributed by atoms with E-state index in [1.165, 1.54) is 36.4 Å². The lowest BCUT2D eigenvalue weighted by molar-refractivity contribution is -0.384. The van der Waals surface area contributed by atoms with Gasteiger partial charge in [-0.15, -0.1) is 5.48 Å². The average Bonchev–Trinajstić information content (AvgIpc) is 2.77. The van der Waals surface area contributed by atoms with Crippen molar-refractivity contribution in [3.63, 3.8) is 0 Å². The molecule has 0 aliphatic carbocycles. The Morgan fingerprint density at radius 3 is 2.34 bits per heavy atom. The lowest BCUT2D eigenvalue weighted by atomic mass is 10.2. The van der Waals surface area contributed by atoms with Crippen LogP contribution in [0.1, 0.15) is 41.6 Å². The molecule has 0 radical (unpaired) electrons. The fourth-order valence-electron chi connectivity index (χ4n) is 2.63. The van der Waals surface area contributed by atoms with Gasteiger partial charge in [0.1, 0.15) is 5.78 Å². The number of rotatable bonds is 13. The van der Waals surface area contributed by atoms with E-state index in [9.17, 15) is 29.2 Å². The van der Waals surface area contributed by atoms with Crippen molar-refractivity contribution in [1.29, 1.82) is 0 Å². The molecule has 2 aromatic rings. The molecule has 0 amide bonds. The molecule has 2 unspecified atom stereocenters. The van der Waals surface area contributed by atoms with Crippen molar-refractivity contribution >= 4 is 25.2 Å². The first-order valence-electron chi connectivity index (χ1n) is 9.63. The molecule has 0 aromatic heterocycles. The third kappa shape index (κ3) is 8.20. The summed E-state index contributed by atoms with van der Waals surface area (Å²) in [5.74, 6) is -3.06. The van der Waals surface area contributed by atoms with Crippen LogP contribution in [0.25, 0.3) is 0 Å². The molecule has 2 atom stereocenters. The predicted molar refractivity (Wildman–Crippen MR) is 113 cm³/mol. The smallest absolute Gasteiger partial charge is 0.356 e. The molecule has 0 aliphatic heterocycles. The maximum atomic E-state index is 12.8. The second-order valence-corrected chi connectivity index (χ2v) is 8.80. The Balaban J connectivity index is 2.02. The first-order chi connectivity index (χ1) is 15.2. The first kappa shape index (κ1) is 25.2. The summed E-state index contributed by atoms with van der Waals surface area (Å²) in [6.07, 6.45) is 0.403. The Morgan fingerprint density at radius 1 is 1.09 bits per heavy atom. The standard InChI is InChI=1S/C20H23N2O9P/c23-19(24)9-5-4-8-18(21-31-20(25)16-6-2-1-3-7-16)32(28,29)30-14-15-10-12-17(13-11-15)22(26)27/h1-3,6-7,10-13,18,21H,4-5,8-9,14H2,(H,23,24)(H,28,29). The number of non-ortho nitro benzene ring substituents is 1. The molecule has 172 valence electrons. The van der Waals surface area contributed by atoms with Gasteiger partial charge in [0, 0.05) is 18.6 Å². The number of nitrogens with zero attached hydrogens (tertiary/aromatic N) is 1. The van der Waals surface area contributed by atoms with E-state index in [1.54, 1.807) is 18.2 Å². The summed E-state index contributed by atoms with van der Waals surface area (Å²) in [7, 11) is -4.38. The van der Waals surface area contributed by atoms with Crippen molar-refractivity contribution in [3.05, 3.63) is 75.8 Å². The van der Waals surface area contributed by atoms with Crippen LogP contribution in [0, 0.1) is 10.1 Å². The molecule has 0 saturated heterocycles. The second kappa shape index (κ2) is 12.1. The zero-order chi connectivity index (χ0) is 23.6. The van der Waals surface area contributed by atoms with Crippen molar-refractivity contribution < 1.29 is 38.4 Å². The zero-order valence-corrected chi connectivity index (χ0v) is 17.9. The molecular formula is C20H23N2O9P. The van der Waals surface area contributed by atoms with Gasteiger partial charge in [-0.05, 0) is 42.7 Å². The maximum absolute atomic E-state index is 12.8. The third-order valence-corrected chi connectivity index (χ3v) is 6.02. The van der Waals surface area contributed by atoms with E-state index in [1.807, 2.05) is 0 Å². The molecule has 0 saturated carbocycles. The first-order valence-corrected chi connectivity index (χ1v) is 11.3. The van der Waals surface area contributed by atoms with E-state index in [0.29, 0.717) is 5.56 Å². The van der Waals surface area contributed by atoms with E-state index in [2.05, 4.69) is 5.48 Å². The summed E-state index contributed by atoms with van der Waals surface area (Å²) >= 11 is 0. The van der Waals surface area contributed by atoms with Crippen molar-refractivity contribution in [2.24, 2.45) is 0 Å². The predicted octanol–water partition coefficient (Wildman–Crippen LogP) is 3.63. The molecule has 0 spiro atoms. The fourth-order valence-corrected chi connectivity index (χ4v) is 3.84. The van der Waals surface area contributed by atoms with Gasteiger partial charge in [-0.1, -0.05) is 24.6 Å². The monoisotopic (exact) mass is 466 g/mol. The van der Waals surface area contributed by atoms with Crippen molar-refractivity contribution in [2.75, 3.05) is 0 Å².